The number of aryl methyl sites for hydroxylation is 2. The Bertz CT molecular complexity index is 529. The maximum absolute atomic E-state index is 11.4. The molecule has 0 bridgehead atoms. The Labute approximate surface area is 87.5 Å². The maximum Gasteiger partial charge on any atom is 0.337 e. The summed E-state index contributed by atoms with van der Waals surface area (Å²) >= 11 is 0. The maximum atomic E-state index is 11.4. The van der Waals surface area contributed by atoms with Gasteiger partial charge in [0.2, 0.25) is 0 Å². The number of fused-ring (bicyclic) bond motifs is 1. The van der Waals surface area contributed by atoms with Crippen LogP contribution >= 0.6 is 0 Å². The molecule has 0 aliphatic rings. The standard InChI is InChI=1S/C11H12N2O2/c1-7-4-8(11(14)15-3)5-9-6-13(2)12-10(7)9/h4-6H,1-3H3. The highest BCUT2D eigenvalue weighted by molar-refractivity contribution is 5.95. The summed E-state index contributed by atoms with van der Waals surface area (Å²) in [6.07, 6.45) is 1.88. The van der Waals surface area contributed by atoms with E-state index in [0.29, 0.717) is 5.56 Å². The van der Waals surface area contributed by atoms with E-state index in [-0.39, 0.29) is 5.97 Å². The van der Waals surface area contributed by atoms with Crippen LogP contribution in [-0.2, 0) is 11.8 Å². The molecule has 4 nitrogen and oxygen atoms in total. The molecular weight excluding hydrogens is 192 g/mol. The van der Waals surface area contributed by atoms with Crippen molar-refractivity contribution in [3.05, 3.63) is 29.5 Å². The monoisotopic (exact) mass is 204 g/mol. The fourth-order valence-electron chi connectivity index (χ4n) is 1.67. The summed E-state index contributed by atoms with van der Waals surface area (Å²) in [6.45, 7) is 1.93. The summed E-state index contributed by atoms with van der Waals surface area (Å²) in [7, 11) is 3.24. The van der Waals surface area contributed by atoms with E-state index < -0.39 is 0 Å². The molecular formula is C11H12N2O2. The van der Waals surface area contributed by atoms with Gasteiger partial charge in [-0.2, -0.15) is 5.10 Å². The van der Waals surface area contributed by atoms with Crippen LogP contribution in [0, 0.1) is 6.92 Å². The molecule has 0 spiro atoms. The highest BCUT2D eigenvalue weighted by Gasteiger charge is 2.10. The quantitative estimate of drug-likeness (QED) is 0.664. The third-order valence-electron chi connectivity index (χ3n) is 2.33. The largest absolute Gasteiger partial charge is 0.465 e. The van der Waals surface area contributed by atoms with Crippen molar-refractivity contribution < 1.29 is 9.53 Å². The van der Waals surface area contributed by atoms with Gasteiger partial charge in [0.25, 0.3) is 0 Å². The molecule has 1 aromatic carbocycles. The van der Waals surface area contributed by atoms with Crippen molar-refractivity contribution in [2.45, 2.75) is 6.92 Å². The Hall–Kier alpha value is -1.84. The van der Waals surface area contributed by atoms with Gasteiger partial charge in [-0.15, -0.1) is 0 Å². The number of hydrogen-bond donors (Lipinski definition) is 0. The first-order valence-corrected chi connectivity index (χ1v) is 4.64. The second-order valence-corrected chi connectivity index (χ2v) is 3.53. The van der Waals surface area contributed by atoms with Crippen LogP contribution in [0.25, 0.3) is 10.9 Å². The SMILES string of the molecule is COC(=O)c1cc(C)c2nn(C)cc2c1. The molecule has 78 valence electrons. The third kappa shape index (κ3) is 1.58. The summed E-state index contributed by atoms with van der Waals surface area (Å²) < 4.78 is 6.42. The van der Waals surface area contributed by atoms with Crippen molar-refractivity contribution >= 4 is 16.9 Å². The van der Waals surface area contributed by atoms with Gasteiger partial charge in [0.1, 0.15) is 0 Å². The first-order chi connectivity index (χ1) is 7.11. The number of rotatable bonds is 1. The molecule has 2 aromatic rings. The molecule has 0 N–H and O–H groups in total. The molecule has 2 rings (SSSR count). The van der Waals surface area contributed by atoms with Crippen molar-refractivity contribution in [3.8, 4) is 0 Å². The normalized spacial score (nSPS) is 10.6. The van der Waals surface area contributed by atoms with Crippen molar-refractivity contribution in [3.63, 3.8) is 0 Å². The zero-order chi connectivity index (χ0) is 11.0. The van der Waals surface area contributed by atoms with E-state index in [2.05, 4.69) is 9.84 Å². The van der Waals surface area contributed by atoms with Crippen LogP contribution < -0.4 is 0 Å². The van der Waals surface area contributed by atoms with Crippen LogP contribution in [0.15, 0.2) is 18.3 Å². The Kier molecular flexibility index (Phi) is 2.19. The summed E-state index contributed by atoms with van der Waals surface area (Å²) in [5.41, 5.74) is 2.47. The second kappa shape index (κ2) is 3.38. The van der Waals surface area contributed by atoms with Gasteiger partial charge in [-0.1, -0.05) is 0 Å². The number of carbonyl (C=O) groups excluding carboxylic acids is 1. The Morgan fingerprint density at radius 2 is 2.20 bits per heavy atom. The van der Waals surface area contributed by atoms with Crippen LogP contribution in [0.5, 0.6) is 0 Å². The molecule has 0 fully saturated rings. The van der Waals surface area contributed by atoms with Gasteiger partial charge in [0.15, 0.2) is 0 Å². The molecule has 15 heavy (non-hydrogen) atoms. The van der Waals surface area contributed by atoms with Crippen molar-refractivity contribution in [2.24, 2.45) is 7.05 Å². The van der Waals surface area contributed by atoms with Gasteiger partial charge in [0, 0.05) is 18.6 Å². The van der Waals surface area contributed by atoms with E-state index in [9.17, 15) is 4.79 Å². The number of nitrogens with zero attached hydrogens (tertiary/aromatic N) is 2. The lowest BCUT2D eigenvalue weighted by Crippen LogP contribution is -2.01. The van der Waals surface area contributed by atoms with E-state index >= 15 is 0 Å². The number of benzene rings is 1. The van der Waals surface area contributed by atoms with E-state index in [1.165, 1.54) is 7.11 Å². The Morgan fingerprint density at radius 3 is 2.87 bits per heavy atom. The highest BCUT2D eigenvalue weighted by atomic mass is 16.5. The van der Waals surface area contributed by atoms with E-state index in [1.54, 1.807) is 16.8 Å². The van der Waals surface area contributed by atoms with Gasteiger partial charge in [-0.25, -0.2) is 4.79 Å². The van der Waals surface area contributed by atoms with E-state index in [0.717, 1.165) is 16.5 Å². The molecule has 1 aromatic heterocycles. The number of hydrogen-bond acceptors (Lipinski definition) is 3. The number of esters is 1. The topological polar surface area (TPSA) is 44.1 Å². The van der Waals surface area contributed by atoms with Crippen LogP contribution in [0.2, 0.25) is 0 Å². The summed E-state index contributed by atoms with van der Waals surface area (Å²) in [4.78, 5) is 11.4. The predicted octanol–water partition coefficient (Wildman–Crippen LogP) is 1.67. The van der Waals surface area contributed by atoms with Gasteiger partial charge >= 0.3 is 5.97 Å². The van der Waals surface area contributed by atoms with Gasteiger partial charge in [-0.3, -0.25) is 4.68 Å². The minimum absolute atomic E-state index is 0.316. The molecule has 0 atom stereocenters. The molecule has 0 amide bonds. The second-order valence-electron chi connectivity index (χ2n) is 3.53. The average molecular weight is 204 g/mol. The fraction of sp³-hybridized carbons (Fsp3) is 0.273. The molecule has 0 saturated heterocycles. The van der Waals surface area contributed by atoms with Gasteiger partial charge in [-0.05, 0) is 24.6 Å². The Balaban J connectivity index is 2.66. The zero-order valence-corrected chi connectivity index (χ0v) is 8.94. The fourth-order valence-corrected chi connectivity index (χ4v) is 1.67. The summed E-state index contributed by atoms with van der Waals surface area (Å²) in [5.74, 6) is -0.316. The van der Waals surface area contributed by atoms with Crippen LogP contribution in [0.3, 0.4) is 0 Å². The smallest absolute Gasteiger partial charge is 0.337 e. The summed E-state index contributed by atoms with van der Waals surface area (Å²) in [5, 5.41) is 5.26. The summed E-state index contributed by atoms with van der Waals surface area (Å²) in [6, 6.07) is 3.59. The van der Waals surface area contributed by atoms with Gasteiger partial charge in [0.05, 0.1) is 18.2 Å². The van der Waals surface area contributed by atoms with Crippen LogP contribution in [0.4, 0.5) is 0 Å². The zero-order valence-electron chi connectivity index (χ0n) is 8.94. The molecule has 0 saturated carbocycles. The molecule has 0 aliphatic heterocycles. The highest BCUT2D eigenvalue weighted by Crippen LogP contribution is 2.19. The number of carbonyl (C=O) groups is 1. The van der Waals surface area contributed by atoms with Crippen LogP contribution in [0.1, 0.15) is 15.9 Å². The minimum atomic E-state index is -0.316. The number of aromatic nitrogens is 2. The van der Waals surface area contributed by atoms with E-state index in [1.807, 2.05) is 20.2 Å². The molecule has 0 unspecified atom stereocenters. The van der Waals surface area contributed by atoms with Crippen LogP contribution in [-0.4, -0.2) is 22.9 Å². The average Bonchev–Trinajstić information content (AvgIpc) is 2.58. The predicted molar refractivity (Wildman–Crippen MR) is 56.8 cm³/mol. The molecule has 0 aliphatic carbocycles. The minimum Gasteiger partial charge on any atom is -0.465 e. The molecule has 0 radical (unpaired) electrons. The van der Waals surface area contributed by atoms with E-state index in [4.69, 9.17) is 0 Å². The first-order valence-electron chi connectivity index (χ1n) is 4.64. The first kappa shape index (κ1) is 9.71. The van der Waals surface area contributed by atoms with Crippen molar-refractivity contribution in [1.29, 1.82) is 0 Å². The lowest BCUT2D eigenvalue weighted by molar-refractivity contribution is 0.0601. The lowest BCUT2D eigenvalue weighted by Gasteiger charge is -2.00. The number of ether oxygens (including phenoxy) is 1. The number of methoxy groups -OCH3 is 1. The molecule has 4 heteroatoms. The van der Waals surface area contributed by atoms with Gasteiger partial charge < -0.3 is 4.74 Å². The lowest BCUT2D eigenvalue weighted by atomic mass is 10.1. The Morgan fingerprint density at radius 1 is 1.47 bits per heavy atom. The third-order valence-corrected chi connectivity index (χ3v) is 2.33. The van der Waals surface area contributed by atoms with Crippen molar-refractivity contribution in [1.82, 2.24) is 9.78 Å². The van der Waals surface area contributed by atoms with Crippen molar-refractivity contribution in [2.75, 3.05) is 7.11 Å². The molecule has 1 heterocycles.